The van der Waals surface area contributed by atoms with Gasteiger partial charge in [-0.2, -0.15) is 0 Å². The van der Waals surface area contributed by atoms with Crippen LogP contribution in [0.4, 0.5) is 0 Å². The van der Waals surface area contributed by atoms with E-state index in [1.165, 1.54) is 32.1 Å². The molecule has 20 heavy (non-hydrogen) atoms. The van der Waals surface area contributed by atoms with Crippen molar-refractivity contribution in [3.05, 3.63) is 0 Å². The molecule has 1 aliphatic heterocycles. The molecule has 0 bridgehead atoms. The molecule has 0 aromatic carbocycles. The molecule has 0 radical (unpaired) electrons. The molecule has 4 nitrogen and oxygen atoms in total. The van der Waals surface area contributed by atoms with Crippen LogP contribution in [-0.2, 0) is 4.79 Å². The number of aliphatic carboxylic acids is 1. The maximum atomic E-state index is 11.2. The SMILES string of the molecule is CCCNC(CCN1CCCC(CCC)CC1)C(=O)O. The van der Waals surface area contributed by atoms with E-state index in [-0.39, 0.29) is 6.04 Å². The summed E-state index contributed by atoms with van der Waals surface area (Å²) in [5, 5.41) is 12.3. The molecule has 1 fully saturated rings. The Kier molecular flexibility index (Phi) is 8.86. The number of rotatable bonds is 9. The number of likely N-dealkylation sites (tertiary alicyclic amines) is 1. The van der Waals surface area contributed by atoms with Crippen LogP contribution in [0.1, 0.15) is 58.8 Å². The van der Waals surface area contributed by atoms with Gasteiger partial charge in [-0.1, -0.05) is 26.7 Å². The molecular formula is C16H32N2O2. The molecule has 1 aliphatic rings. The Morgan fingerprint density at radius 3 is 2.75 bits per heavy atom. The summed E-state index contributed by atoms with van der Waals surface area (Å²) in [5.74, 6) is 0.176. The minimum absolute atomic E-state index is 0.385. The number of carboxylic acid groups (broad SMARTS) is 1. The van der Waals surface area contributed by atoms with Gasteiger partial charge in [-0.05, 0) is 57.7 Å². The first kappa shape index (κ1) is 17.4. The second-order valence-corrected chi connectivity index (χ2v) is 6.06. The van der Waals surface area contributed by atoms with Gasteiger partial charge in [0.15, 0.2) is 0 Å². The molecule has 4 heteroatoms. The van der Waals surface area contributed by atoms with Crippen molar-refractivity contribution in [3.8, 4) is 0 Å². The first-order chi connectivity index (χ1) is 9.67. The van der Waals surface area contributed by atoms with Crippen molar-refractivity contribution in [1.82, 2.24) is 10.2 Å². The summed E-state index contributed by atoms with van der Waals surface area (Å²) >= 11 is 0. The van der Waals surface area contributed by atoms with E-state index in [1.54, 1.807) is 0 Å². The van der Waals surface area contributed by atoms with Crippen LogP contribution in [0.25, 0.3) is 0 Å². The zero-order valence-corrected chi connectivity index (χ0v) is 13.2. The van der Waals surface area contributed by atoms with Gasteiger partial charge in [0.25, 0.3) is 0 Å². The van der Waals surface area contributed by atoms with E-state index in [9.17, 15) is 9.90 Å². The average Bonchev–Trinajstić information content (AvgIpc) is 2.64. The van der Waals surface area contributed by atoms with E-state index in [0.29, 0.717) is 6.42 Å². The topological polar surface area (TPSA) is 52.6 Å². The van der Waals surface area contributed by atoms with E-state index in [2.05, 4.69) is 24.1 Å². The number of carboxylic acids is 1. The number of nitrogens with zero attached hydrogens (tertiary/aromatic N) is 1. The molecule has 2 N–H and O–H groups in total. The number of hydrogen-bond donors (Lipinski definition) is 2. The summed E-state index contributed by atoms with van der Waals surface area (Å²) in [5.41, 5.74) is 0. The third kappa shape index (κ3) is 6.71. The summed E-state index contributed by atoms with van der Waals surface area (Å²) < 4.78 is 0. The van der Waals surface area contributed by atoms with Crippen molar-refractivity contribution >= 4 is 5.97 Å². The Labute approximate surface area is 123 Å². The first-order valence-corrected chi connectivity index (χ1v) is 8.35. The molecule has 1 heterocycles. The van der Waals surface area contributed by atoms with Gasteiger partial charge in [-0.3, -0.25) is 4.79 Å². The van der Waals surface area contributed by atoms with E-state index in [1.807, 2.05) is 0 Å². The van der Waals surface area contributed by atoms with E-state index in [4.69, 9.17) is 0 Å². The molecule has 0 aromatic rings. The average molecular weight is 284 g/mol. The second kappa shape index (κ2) is 10.2. The van der Waals surface area contributed by atoms with Gasteiger partial charge in [-0.25, -0.2) is 0 Å². The highest BCUT2D eigenvalue weighted by Gasteiger charge is 2.20. The molecule has 118 valence electrons. The molecule has 2 unspecified atom stereocenters. The van der Waals surface area contributed by atoms with Crippen LogP contribution in [0.3, 0.4) is 0 Å². The number of nitrogens with one attached hydrogen (secondary N) is 1. The quantitative estimate of drug-likeness (QED) is 0.683. The lowest BCUT2D eigenvalue weighted by Gasteiger charge is -2.22. The van der Waals surface area contributed by atoms with Crippen LogP contribution >= 0.6 is 0 Å². The number of carbonyl (C=O) groups is 1. The molecule has 0 saturated carbocycles. The third-order valence-corrected chi connectivity index (χ3v) is 4.31. The summed E-state index contributed by atoms with van der Waals surface area (Å²) in [6.45, 7) is 8.31. The Hall–Kier alpha value is -0.610. The van der Waals surface area contributed by atoms with Crippen molar-refractivity contribution in [3.63, 3.8) is 0 Å². The molecule has 0 aromatic heterocycles. The predicted molar refractivity (Wildman–Crippen MR) is 83.0 cm³/mol. The lowest BCUT2D eigenvalue weighted by atomic mass is 9.96. The maximum Gasteiger partial charge on any atom is 0.320 e. The minimum atomic E-state index is -0.711. The monoisotopic (exact) mass is 284 g/mol. The lowest BCUT2D eigenvalue weighted by Crippen LogP contribution is -2.40. The third-order valence-electron chi connectivity index (χ3n) is 4.31. The Morgan fingerprint density at radius 2 is 2.10 bits per heavy atom. The van der Waals surface area contributed by atoms with E-state index in [0.717, 1.165) is 38.5 Å². The maximum absolute atomic E-state index is 11.2. The van der Waals surface area contributed by atoms with Crippen molar-refractivity contribution in [2.24, 2.45) is 5.92 Å². The van der Waals surface area contributed by atoms with Gasteiger partial charge in [0, 0.05) is 6.54 Å². The van der Waals surface area contributed by atoms with Crippen LogP contribution in [0.5, 0.6) is 0 Å². The Morgan fingerprint density at radius 1 is 1.30 bits per heavy atom. The predicted octanol–water partition coefficient (Wildman–Crippen LogP) is 2.73. The van der Waals surface area contributed by atoms with Crippen LogP contribution < -0.4 is 5.32 Å². The van der Waals surface area contributed by atoms with Crippen LogP contribution in [0.2, 0.25) is 0 Å². The summed E-state index contributed by atoms with van der Waals surface area (Å²) in [7, 11) is 0. The van der Waals surface area contributed by atoms with Gasteiger partial charge in [0.2, 0.25) is 0 Å². The summed E-state index contributed by atoms with van der Waals surface area (Å²) in [4.78, 5) is 13.7. The highest BCUT2D eigenvalue weighted by atomic mass is 16.4. The fraction of sp³-hybridized carbons (Fsp3) is 0.938. The molecule has 2 atom stereocenters. The standard InChI is InChI=1S/C16H32N2O2/c1-3-6-14-7-5-11-18(12-8-14)13-9-15(16(19)20)17-10-4-2/h14-15,17H,3-13H2,1-2H3,(H,19,20). The van der Waals surface area contributed by atoms with Gasteiger partial charge in [0.05, 0.1) is 0 Å². The van der Waals surface area contributed by atoms with Crippen molar-refractivity contribution < 1.29 is 9.90 Å². The molecule has 0 amide bonds. The summed E-state index contributed by atoms with van der Waals surface area (Å²) in [6, 6.07) is -0.385. The van der Waals surface area contributed by atoms with E-state index >= 15 is 0 Å². The molecule has 0 aliphatic carbocycles. The number of hydrogen-bond acceptors (Lipinski definition) is 3. The van der Waals surface area contributed by atoms with Gasteiger partial charge in [0.1, 0.15) is 6.04 Å². The summed E-state index contributed by atoms with van der Waals surface area (Å²) in [6.07, 6.45) is 8.23. The fourth-order valence-corrected chi connectivity index (χ4v) is 3.09. The normalized spacial score (nSPS) is 22.4. The smallest absolute Gasteiger partial charge is 0.320 e. The molecular weight excluding hydrogens is 252 g/mol. The van der Waals surface area contributed by atoms with Crippen molar-refractivity contribution in [2.75, 3.05) is 26.2 Å². The Balaban J connectivity index is 2.30. The van der Waals surface area contributed by atoms with Crippen LogP contribution in [0, 0.1) is 5.92 Å². The van der Waals surface area contributed by atoms with Crippen molar-refractivity contribution in [2.45, 2.75) is 64.8 Å². The zero-order valence-electron chi connectivity index (χ0n) is 13.2. The van der Waals surface area contributed by atoms with E-state index < -0.39 is 5.97 Å². The zero-order chi connectivity index (χ0) is 14.8. The molecule has 1 rings (SSSR count). The van der Waals surface area contributed by atoms with Crippen LogP contribution in [0.15, 0.2) is 0 Å². The first-order valence-electron chi connectivity index (χ1n) is 8.35. The van der Waals surface area contributed by atoms with Gasteiger partial charge >= 0.3 is 5.97 Å². The largest absolute Gasteiger partial charge is 0.480 e. The highest BCUT2D eigenvalue weighted by Crippen LogP contribution is 2.22. The second-order valence-electron chi connectivity index (χ2n) is 6.06. The fourth-order valence-electron chi connectivity index (χ4n) is 3.09. The van der Waals surface area contributed by atoms with Gasteiger partial charge < -0.3 is 15.3 Å². The lowest BCUT2D eigenvalue weighted by molar-refractivity contribution is -0.139. The molecule has 1 saturated heterocycles. The minimum Gasteiger partial charge on any atom is -0.480 e. The van der Waals surface area contributed by atoms with Crippen LogP contribution in [-0.4, -0.2) is 48.2 Å². The molecule has 0 spiro atoms. The van der Waals surface area contributed by atoms with Gasteiger partial charge in [-0.15, -0.1) is 0 Å². The Bertz CT molecular complexity index is 271. The van der Waals surface area contributed by atoms with Crippen molar-refractivity contribution in [1.29, 1.82) is 0 Å². The highest BCUT2D eigenvalue weighted by molar-refractivity contribution is 5.73.